The molecule has 0 fully saturated rings. The summed E-state index contributed by atoms with van der Waals surface area (Å²) in [4.78, 5) is 35.8. The first-order valence-corrected chi connectivity index (χ1v) is 12.3. The highest BCUT2D eigenvalue weighted by molar-refractivity contribution is 6.30. The number of benzene rings is 3. The molecule has 1 N–H and O–H groups in total. The highest BCUT2D eigenvalue weighted by Crippen LogP contribution is 2.28. The third kappa shape index (κ3) is 8.97. The fourth-order valence-corrected chi connectivity index (χ4v) is 3.35. The Balaban J connectivity index is 1.43. The number of aromatic hydroxyl groups is 1. The highest BCUT2D eigenvalue weighted by Gasteiger charge is 2.16. The normalized spacial score (nSPS) is 10.3. The van der Waals surface area contributed by atoms with Crippen molar-refractivity contribution in [3.63, 3.8) is 0 Å². The van der Waals surface area contributed by atoms with Crippen molar-refractivity contribution < 1.29 is 38.4 Å². The molecule has 3 rings (SSSR count). The van der Waals surface area contributed by atoms with Gasteiger partial charge in [-0.1, -0.05) is 18.2 Å². The standard InChI is InChI=1S/C29H27ClO8/c1-2-27(32)36-18-6-4-3-5-17-35-23-12-7-20(8-13-23)28(33)38-26-16-9-21(19-25(26)31)29(34)37-24-14-10-22(30)11-15-24/h2,7-16,19,31H,1,3-6,17-18H2. The van der Waals surface area contributed by atoms with Crippen LogP contribution in [0.25, 0.3) is 0 Å². The maximum atomic E-state index is 12.5. The molecule has 0 saturated carbocycles. The molecule has 198 valence electrons. The SMILES string of the molecule is C=CC(=O)OCCCCCCOc1ccc(C(=O)Oc2ccc(C(=O)Oc3ccc(Cl)cc3)cc2O)cc1. The van der Waals surface area contributed by atoms with Gasteiger partial charge in [0, 0.05) is 11.1 Å². The van der Waals surface area contributed by atoms with Crippen LogP contribution in [-0.4, -0.2) is 36.2 Å². The smallest absolute Gasteiger partial charge is 0.343 e. The van der Waals surface area contributed by atoms with E-state index >= 15 is 0 Å². The Labute approximate surface area is 225 Å². The molecule has 0 atom stereocenters. The van der Waals surface area contributed by atoms with E-state index < -0.39 is 17.9 Å². The van der Waals surface area contributed by atoms with Gasteiger partial charge in [-0.15, -0.1) is 0 Å². The summed E-state index contributed by atoms with van der Waals surface area (Å²) in [6.07, 6.45) is 4.60. The summed E-state index contributed by atoms with van der Waals surface area (Å²) in [5.41, 5.74) is 0.340. The number of hydrogen-bond acceptors (Lipinski definition) is 8. The van der Waals surface area contributed by atoms with Gasteiger partial charge in [-0.25, -0.2) is 14.4 Å². The maximum Gasteiger partial charge on any atom is 0.343 e. The Morgan fingerprint density at radius 2 is 1.37 bits per heavy atom. The van der Waals surface area contributed by atoms with Crippen molar-refractivity contribution in [1.29, 1.82) is 0 Å². The lowest BCUT2D eigenvalue weighted by atomic mass is 10.2. The molecule has 0 heterocycles. The minimum Gasteiger partial charge on any atom is -0.504 e. The number of halogens is 1. The van der Waals surface area contributed by atoms with Crippen LogP contribution >= 0.6 is 11.6 Å². The van der Waals surface area contributed by atoms with Gasteiger partial charge in [0.25, 0.3) is 0 Å². The van der Waals surface area contributed by atoms with E-state index in [4.69, 9.17) is 30.5 Å². The first-order valence-electron chi connectivity index (χ1n) is 11.9. The van der Waals surface area contributed by atoms with Crippen molar-refractivity contribution in [2.24, 2.45) is 0 Å². The van der Waals surface area contributed by atoms with Crippen LogP contribution in [0.3, 0.4) is 0 Å². The predicted molar refractivity (Wildman–Crippen MR) is 141 cm³/mol. The van der Waals surface area contributed by atoms with Gasteiger partial charge in [0.1, 0.15) is 11.5 Å². The van der Waals surface area contributed by atoms with Crippen molar-refractivity contribution in [1.82, 2.24) is 0 Å². The summed E-state index contributed by atoms with van der Waals surface area (Å²) < 4.78 is 21.1. The topological polar surface area (TPSA) is 108 Å². The fourth-order valence-electron chi connectivity index (χ4n) is 3.22. The van der Waals surface area contributed by atoms with Gasteiger partial charge in [0.05, 0.1) is 24.3 Å². The molecular weight excluding hydrogens is 512 g/mol. The Bertz CT molecular complexity index is 1250. The molecule has 0 aliphatic heterocycles. The van der Waals surface area contributed by atoms with E-state index in [1.165, 1.54) is 12.1 Å². The molecule has 0 amide bonds. The number of unbranched alkanes of at least 4 members (excludes halogenated alkanes) is 3. The minimum absolute atomic E-state index is 0.0786. The van der Waals surface area contributed by atoms with Gasteiger partial charge in [0.15, 0.2) is 11.5 Å². The van der Waals surface area contributed by atoms with Crippen molar-refractivity contribution >= 4 is 29.5 Å². The number of rotatable bonds is 13. The average molecular weight is 539 g/mol. The molecular formula is C29H27ClO8. The fraction of sp³-hybridized carbons (Fsp3) is 0.207. The van der Waals surface area contributed by atoms with Crippen LogP contribution < -0.4 is 14.2 Å². The zero-order valence-electron chi connectivity index (χ0n) is 20.6. The number of hydrogen-bond donors (Lipinski definition) is 1. The van der Waals surface area contributed by atoms with E-state index in [-0.39, 0.29) is 22.6 Å². The van der Waals surface area contributed by atoms with E-state index in [1.807, 2.05) is 0 Å². The number of esters is 3. The molecule has 3 aromatic carbocycles. The Kier molecular flexibility index (Phi) is 10.7. The molecule has 0 aromatic heterocycles. The molecule has 3 aromatic rings. The molecule has 0 saturated heterocycles. The summed E-state index contributed by atoms with van der Waals surface area (Å²) in [6, 6.07) is 16.5. The van der Waals surface area contributed by atoms with Crippen LogP contribution in [0, 0.1) is 0 Å². The maximum absolute atomic E-state index is 12.5. The molecule has 0 unspecified atom stereocenters. The molecule has 0 spiro atoms. The van der Waals surface area contributed by atoms with Crippen LogP contribution in [-0.2, 0) is 9.53 Å². The average Bonchev–Trinajstić information content (AvgIpc) is 2.92. The van der Waals surface area contributed by atoms with Crippen molar-refractivity contribution in [3.05, 3.63) is 95.5 Å². The van der Waals surface area contributed by atoms with Crippen LogP contribution in [0.4, 0.5) is 0 Å². The van der Waals surface area contributed by atoms with Crippen molar-refractivity contribution in [2.75, 3.05) is 13.2 Å². The van der Waals surface area contributed by atoms with E-state index in [0.717, 1.165) is 37.8 Å². The predicted octanol–water partition coefficient (Wildman–Crippen LogP) is 6.15. The molecule has 0 bridgehead atoms. The van der Waals surface area contributed by atoms with Gasteiger partial charge in [0.2, 0.25) is 0 Å². The third-order valence-corrected chi connectivity index (χ3v) is 5.48. The van der Waals surface area contributed by atoms with Gasteiger partial charge in [-0.3, -0.25) is 0 Å². The Morgan fingerprint density at radius 1 is 0.763 bits per heavy atom. The van der Waals surface area contributed by atoms with Gasteiger partial charge in [-0.2, -0.15) is 0 Å². The van der Waals surface area contributed by atoms with Gasteiger partial charge in [-0.05, 0) is 92.4 Å². The minimum atomic E-state index is -0.690. The van der Waals surface area contributed by atoms with E-state index in [9.17, 15) is 19.5 Å². The second-order valence-corrected chi connectivity index (χ2v) is 8.51. The number of carbonyl (C=O) groups is 3. The number of carbonyl (C=O) groups excluding carboxylic acids is 3. The number of phenols is 1. The Hall–Kier alpha value is -4.30. The lowest BCUT2D eigenvalue weighted by Crippen LogP contribution is -2.10. The Morgan fingerprint density at radius 3 is 2.03 bits per heavy atom. The second-order valence-electron chi connectivity index (χ2n) is 8.07. The van der Waals surface area contributed by atoms with Crippen LogP contribution in [0.5, 0.6) is 23.0 Å². The molecule has 9 heteroatoms. The van der Waals surface area contributed by atoms with E-state index in [2.05, 4.69) is 6.58 Å². The van der Waals surface area contributed by atoms with Gasteiger partial charge >= 0.3 is 17.9 Å². The van der Waals surface area contributed by atoms with E-state index in [0.29, 0.717) is 29.7 Å². The van der Waals surface area contributed by atoms with Crippen molar-refractivity contribution in [3.8, 4) is 23.0 Å². The molecule has 0 aliphatic carbocycles. The highest BCUT2D eigenvalue weighted by atomic mass is 35.5. The summed E-state index contributed by atoms with van der Waals surface area (Å²) in [5.74, 6) is -1.37. The molecule has 0 radical (unpaired) electrons. The lowest BCUT2D eigenvalue weighted by molar-refractivity contribution is -0.137. The largest absolute Gasteiger partial charge is 0.504 e. The second kappa shape index (κ2) is 14.4. The van der Waals surface area contributed by atoms with E-state index in [1.54, 1.807) is 48.5 Å². The zero-order valence-corrected chi connectivity index (χ0v) is 21.3. The van der Waals surface area contributed by atoms with Crippen LogP contribution in [0.15, 0.2) is 79.4 Å². The van der Waals surface area contributed by atoms with Crippen molar-refractivity contribution in [2.45, 2.75) is 25.7 Å². The summed E-state index contributed by atoms with van der Waals surface area (Å²) >= 11 is 5.82. The zero-order chi connectivity index (χ0) is 27.3. The summed E-state index contributed by atoms with van der Waals surface area (Å²) in [5, 5.41) is 10.8. The first-order chi connectivity index (χ1) is 18.4. The van der Waals surface area contributed by atoms with Gasteiger partial charge < -0.3 is 24.1 Å². The quantitative estimate of drug-likeness (QED) is 0.119. The monoisotopic (exact) mass is 538 g/mol. The summed E-state index contributed by atoms with van der Waals surface area (Å²) in [7, 11) is 0. The lowest BCUT2D eigenvalue weighted by Gasteiger charge is -2.10. The number of phenolic OH excluding ortho intramolecular Hbond substituents is 1. The number of ether oxygens (including phenoxy) is 4. The third-order valence-electron chi connectivity index (χ3n) is 5.23. The van der Waals surface area contributed by atoms with Crippen LogP contribution in [0.2, 0.25) is 5.02 Å². The molecule has 38 heavy (non-hydrogen) atoms. The summed E-state index contributed by atoms with van der Waals surface area (Å²) in [6.45, 7) is 4.23. The molecule has 0 aliphatic rings. The molecule has 8 nitrogen and oxygen atoms in total. The van der Waals surface area contributed by atoms with Crippen LogP contribution in [0.1, 0.15) is 46.4 Å². The first kappa shape index (κ1) is 28.3.